The van der Waals surface area contributed by atoms with Gasteiger partial charge < -0.3 is 4.90 Å². The van der Waals surface area contributed by atoms with Gasteiger partial charge in [-0.1, -0.05) is 30.3 Å². The Labute approximate surface area is 142 Å². The number of benzene rings is 1. The Morgan fingerprint density at radius 1 is 0.958 bits per heavy atom. The van der Waals surface area contributed by atoms with Crippen molar-refractivity contribution in [2.24, 2.45) is 0 Å². The maximum atomic E-state index is 12.5. The molecule has 7 nitrogen and oxygen atoms in total. The largest absolute Gasteiger partial charge is 0.339 e. The minimum absolute atomic E-state index is 0.297. The van der Waals surface area contributed by atoms with Gasteiger partial charge in [0.15, 0.2) is 0 Å². The van der Waals surface area contributed by atoms with Crippen LogP contribution in [0.3, 0.4) is 0 Å². The Kier molecular flexibility index (Phi) is 5.39. The van der Waals surface area contributed by atoms with Crippen molar-refractivity contribution in [3.8, 4) is 0 Å². The first-order valence-corrected chi connectivity index (χ1v) is 9.40. The molecule has 1 aromatic carbocycles. The zero-order chi connectivity index (χ0) is 16.8. The first-order valence-electron chi connectivity index (χ1n) is 7.96. The fourth-order valence-corrected chi connectivity index (χ4v) is 3.87. The highest BCUT2D eigenvalue weighted by Gasteiger charge is 2.25. The van der Waals surface area contributed by atoms with Crippen LogP contribution in [-0.4, -0.2) is 48.9 Å². The molecule has 0 radical (unpaired) electrons. The molecule has 0 bridgehead atoms. The van der Waals surface area contributed by atoms with Crippen LogP contribution in [0.5, 0.6) is 0 Å². The highest BCUT2D eigenvalue weighted by Crippen LogP contribution is 2.12. The molecule has 0 amide bonds. The lowest BCUT2D eigenvalue weighted by Gasteiger charge is -2.22. The fourth-order valence-electron chi connectivity index (χ4n) is 2.65. The molecule has 24 heavy (non-hydrogen) atoms. The summed E-state index contributed by atoms with van der Waals surface area (Å²) in [5.41, 5.74) is 0.940. The first-order chi connectivity index (χ1) is 11.6. The molecule has 0 atom stereocenters. The van der Waals surface area contributed by atoms with Crippen molar-refractivity contribution < 1.29 is 8.42 Å². The second-order valence-corrected chi connectivity index (χ2v) is 7.36. The van der Waals surface area contributed by atoms with E-state index in [-0.39, 0.29) is 0 Å². The van der Waals surface area contributed by atoms with Crippen LogP contribution in [0.25, 0.3) is 0 Å². The molecule has 3 rings (SSSR count). The second-order valence-electron chi connectivity index (χ2n) is 5.60. The van der Waals surface area contributed by atoms with E-state index in [1.54, 1.807) is 18.5 Å². The summed E-state index contributed by atoms with van der Waals surface area (Å²) in [6, 6.07) is 11.3. The minimum atomic E-state index is -3.49. The zero-order valence-electron chi connectivity index (χ0n) is 13.4. The monoisotopic (exact) mass is 347 g/mol. The Morgan fingerprint density at radius 2 is 1.71 bits per heavy atom. The molecule has 2 aromatic rings. The molecule has 8 heteroatoms. The number of nitrogens with one attached hydrogen (secondary N) is 1. The van der Waals surface area contributed by atoms with Gasteiger partial charge >= 0.3 is 0 Å². The minimum Gasteiger partial charge on any atom is -0.339 e. The Bertz CT molecular complexity index is 740. The van der Waals surface area contributed by atoms with E-state index in [2.05, 4.69) is 14.7 Å². The molecule has 128 valence electrons. The Balaban J connectivity index is 1.60. The van der Waals surface area contributed by atoms with E-state index in [1.807, 2.05) is 35.2 Å². The molecular weight excluding hydrogens is 326 g/mol. The number of nitrogens with zero attached hydrogens (tertiary/aromatic N) is 4. The molecule has 0 unspecified atom stereocenters. The molecule has 1 saturated heterocycles. The van der Waals surface area contributed by atoms with Gasteiger partial charge in [0.2, 0.25) is 5.95 Å². The van der Waals surface area contributed by atoms with Crippen LogP contribution in [0.2, 0.25) is 0 Å². The number of aromatic nitrogens is 2. The van der Waals surface area contributed by atoms with E-state index in [1.165, 1.54) is 4.31 Å². The molecule has 1 aromatic heterocycles. The fraction of sp³-hybridized carbons (Fsp3) is 0.375. The smallest absolute Gasteiger partial charge is 0.279 e. The highest BCUT2D eigenvalue weighted by molar-refractivity contribution is 7.87. The topological polar surface area (TPSA) is 78.4 Å². The summed E-state index contributed by atoms with van der Waals surface area (Å²) in [5.74, 6) is 0.647. The third-order valence-corrected chi connectivity index (χ3v) is 5.49. The van der Waals surface area contributed by atoms with E-state index < -0.39 is 10.2 Å². The van der Waals surface area contributed by atoms with Crippen molar-refractivity contribution in [3.05, 3.63) is 54.4 Å². The van der Waals surface area contributed by atoms with E-state index in [0.717, 1.165) is 18.5 Å². The van der Waals surface area contributed by atoms with Gasteiger partial charge in [0, 0.05) is 45.1 Å². The summed E-state index contributed by atoms with van der Waals surface area (Å²) >= 11 is 0. The molecule has 0 saturated carbocycles. The second kappa shape index (κ2) is 7.69. The maximum absolute atomic E-state index is 12.5. The SMILES string of the molecule is O=S(=O)(NCc1ccccc1)N1CCCN(c2ncccn2)CC1. The average Bonchev–Trinajstić information content (AvgIpc) is 2.89. The van der Waals surface area contributed by atoms with Crippen molar-refractivity contribution in [1.29, 1.82) is 0 Å². The maximum Gasteiger partial charge on any atom is 0.279 e. The molecular formula is C16H21N5O2S. The molecule has 1 aliphatic rings. The number of anilines is 1. The van der Waals surface area contributed by atoms with Crippen molar-refractivity contribution >= 4 is 16.2 Å². The van der Waals surface area contributed by atoms with Crippen molar-refractivity contribution in [3.63, 3.8) is 0 Å². The third-order valence-electron chi connectivity index (χ3n) is 3.93. The normalized spacial score (nSPS) is 16.8. The van der Waals surface area contributed by atoms with E-state index >= 15 is 0 Å². The summed E-state index contributed by atoms with van der Waals surface area (Å²) in [4.78, 5) is 10.5. The van der Waals surface area contributed by atoms with Gasteiger partial charge in [-0.3, -0.25) is 0 Å². The van der Waals surface area contributed by atoms with Crippen LogP contribution < -0.4 is 9.62 Å². The molecule has 1 aliphatic heterocycles. The van der Waals surface area contributed by atoms with Gasteiger partial charge in [0.1, 0.15) is 0 Å². The summed E-state index contributed by atoms with van der Waals surface area (Å²) in [6.07, 6.45) is 4.14. The van der Waals surface area contributed by atoms with Crippen LogP contribution in [0.1, 0.15) is 12.0 Å². The van der Waals surface area contributed by atoms with E-state index in [9.17, 15) is 8.42 Å². The quantitative estimate of drug-likeness (QED) is 0.874. The third kappa shape index (κ3) is 4.28. The lowest BCUT2D eigenvalue weighted by Crippen LogP contribution is -2.42. The average molecular weight is 347 g/mol. The highest BCUT2D eigenvalue weighted by atomic mass is 32.2. The number of hydrogen-bond acceptors (Lipinski definition) is 5. The number of hydrogen-bond donors (Lipinski definition) is 1. The van der Waals surface area contributed by atoms with Crippen LogP contribution in [0, 0.1) is 0 Å². The van der Waals surface area contributed by atoms with Crippen LogP contribution in [0.4, 0.5) is 5.95 Å². The molecule has 0 aliphatic carbocycles. The standard InChI is InChI=1S/C16H21N5O2S/c22-24(23,19-14-15-6-2-1-3-7-15)21-11-5-10-20(12-13-21)16-17-8-4-9-18-16/h1-4,6-9,19H,5,10-14H2. The molecule has 0 spiro atoms. The van der Waals surface area contributed by atoms with Crippen molar-refractivity contribution in [1.82, 2.24) is 19.0 Å². The molecule has 1 N–H and O–H groups in total. The van der Waals surface area contributed by atoms with Crippen LogP contribution >= 0.6 is 0 Å². The van der Waals surface area contributed by atoms with Gasteiger partial charge in [-0.25, -0.2) is 9.97 Å². The summed E-state index contributed by atoms with van der Waals surface area (Å²) in [5, 5.41) is 0. The van der Waals surface area contributed by atoms with Crippen molar-refractivity contribution in [2.45, 2.75) is 13.0 Å². The van der Waals surface area contributed by atoms with E-state index in [4.69, 9.17) is 0 Å². The summed E-state index contributed by atoms with van der Waals surface area (Å²) in [7, 11) is -3.49. The van der Waals surface area contributed by atoms with Gasteiger partial charge in [-0.2, -0.15) is 17.4 Å². The molecule has 2 heterocycles. The van der Waals surface area contributed by atoms with Crippen LogP contribution in [-0.2, 0) is 16.8 Å². The lowest BCUT2D eigenvalue weighted by molar-refractivity contribution is 0.423. The molecule has 1 fully saturated rings. The number of rotatable bonds is 5. The van der Waals surface area contributed by atoms with Gasteiger partial charge in [-0.15, -0.1) is 0 Å². The summed E-state index contributed by atoms with van der Waals surface area (Å²) < 4.78 is 29.2. The summed E-state index contributed by atoms with van der Waals surface area (Å²) in [6.45, 7) is 2.53. The van der Waals surface area contributed by atoms with Gasteiger partial charge in [0.25, 0.3) is 10.2 Å². The predicted octanol–water partition coefficient (Wildman–Crippen LogP) is 1.02. The lowest BCUT2D eigenvalue weighted by atomic mass is 10.2. The van der Waals surface area contributed by atoms with Gasteiger partial charge in [-0.05, 0) is 18.1 Å². The van der Waals surface area contributed by atoms with E-state index in [0.29, 0.717) is 32.1 Å². The predicted molar refractivity (Wildman–Crippen MR) is 92.6 cm³/mol. The van der Waals surface area contributed by atoms with Crippen LogP contribution in [0.15, 0.2) is 48.8 Å². The van der Waals surface area contributed by atoms with Gasteiger partial charge in [0.05, 0.1) is 0 Å². The Morgan fingerprint density at radius 3 is 2.46 bits per heavy atom. The first kappa shape index (κ1) is 16.8. The van der Waals surface area contributed by atoms with Crippen molar-refractivity contribution in [2.75, 3.05) is 31.1 Å². The Hall–Kier alpha value is -2.03. The zero-order valence-corrected chi connectivity index (χ0v) is 14.2.